The zero-order valence-electron chi connectivity index (χ0n) is 12.7. The molecule has 0 spiro atoms. The van der Waals surface area contributed by atoms with Crippen molar-refractivity contribution < 1.29 is 4.79 Å². The number of hydrogen-bond donors (Lipinski definition) is 2. The summed E-state index contributed by atoms with van der Waals surface area (Å²) in [6.45, 7) is 0. The van der Waals surface area contributed by atoms with E-state index in [1.807, 2.05) is 36.4 Å². The normalized spacial score (nSPS) is 10.7. The van der Waals surface area contributed by atoms with Gasteiger partial charge >= 0.3 is 0 Å². The Labute approximate surface area is 138 Å². The van der Waals surface area contributed by atoms with Gasteiger partial charge in [0.15, 0.2) is 5.82 Å². The molecule has 0 aliphatic carbocycles. The topological polar surface area (TPSA) is 70.7 Å². The predicted octanol–water partition coefficient (Wildman–Crippen LogP) is 3.88. The van der Waals surface area contributed by atoms with Gasteiger partial charge in [-0.1, -0.05) is 36.4 Å². The number of pyridine rings is 1. The fourth-order valence-electron chi connectivity index (χ4n) is 2.60. The summed E-state index contributed by atoms with van der Waals surface area (Å²) in [6.07, 6.45) is 3.16. The molecule has 0 saturated heterocycles. The minimum Gasteiger partial charge on any atom is -0.305 e. The minimum atomic E-state index is -0.235. The van der Waals surface area contributed by atoms with Crippen molar-refractivity contribution in [1.29, 1.82) is 0 Å². The van der Waals surface area contributed by atoms with Crippen LogP contribution in [0.3, 0.4) is 0 Å². The zero-order valence-corrected chi connectivity index (χ0v) is 12.7. The number of aromatic nitrogens is 3. The molecule has 0 aliphatic rings. The van der Waals surface area contributed by atoms with Crippen molar-refractivity contribution in [1.82, 2.24) is 15.2 Å². The van der Waals surface area contributed by atoms with Crippen LogP contribution in [0.4, 0.5) is 5.82 Å². The van der Waals surface area contributed by atoms with Gasteiger partial charge in [-0.15, -0.1) is 0 Å². The van der Waals surface area contributed by atoms with Gasteiger partial charge in [0.25, 0.3) is 5.91 Å². The Balaban J connectivity index is 1.70. The van der Waals surface area contributed by atoms with Gasteiger partial charge in [-0.05, 0) is 35.4 Å². The number of fused-ring (bicyclic) bond motifs is 1. The molecule has 4 aromatic rings. The second kappa shape index (κ2) is 5.96. The lowest BCUT2D eigenvalue weighted by atomic mass is 10.0. The van der Waals surface area contributed by atoms with Crippen molar-refractivity contribution in [3.05, 3.63) is 78.6 Å². The summed E-state index contributed by atoms with van der Waals surface area (Å²) in [5, 5.41) is 10.9. The van der Waals surface area contributed by atoms with E-state index in [1.165, 1.54) is 6.20 Å². The average Bonchev–Trinajstić information content (AvgIpc) is 3.05. The van der Waals surface area contributed by atoms with Crippen LogP contribution in [-0.2, 0) is 0 Å². The number of aromatic amines is 1. The number of hydrogen-bond acceptors (Lipinski definition) is 3. The van der Waals surface area contributed by atoms with E-state index < -0.39 is 0 Å². The maximum atomic E-state index is 12.3. The molecule has 0 atom stereocenters. The van der Waals surface area contributed by atoms with E-state index >= 15 is 0 Å². The lowest BCUT2D eigenvalue weighted by molar-refractivity contribution is 0.102. The van der Waals surface area contributed by atoms with Gasteiger partial charge in [0, 0.05) is 17.8 Å². The molecule has 2 aromatic carbocycles. The lowest BCUT2D eigenvalue weighted by Crippen LogP contribution is -2.12. The summed E-state index contributed by atoms with van der Waals surface area (Å²) in [4.78, 5) is 16.3. The van der Waals surface area contributed by atoms with Crippen LogP contribution in [0.5, 0.6) is 0 Å². The van der Waals surface area contributed by atoms with Crippen molar-refractivity contribution in [2.24, 2.45) is 0 Å². The van der Waals surface area contributed by atoms with Gasteiger partial charge in [-0.2, -0.15) is 5.10 Å². The third-order valence-corrected chi connectivity index (χ3v) is 3.83. The molecule has 116 valence electrons. The first-order valence-electron chi connectivity index (χ1n) is 7.56. The summed E-state index contributed by atoms with van der Waals surface area (Å²) in [7, 11) is 0. The van der Waals surface area contributed by atoms with Gasteiger partial charge in [-0.25, -0.2) is 0 Å². The second-order valence-corrected chi connectivity index (χ2v) is 5.39. The van der Waals surface area contributed by atoms with Crippen molar-refractivity contribution in [3.63, 3.8) is 0 Å². The Morgan fingerprint density at radius 1 is 0.958 bits per heavy atom. The van der Waals surface area contributed by atoms with E-state index in [9.17, 15) is 4.79 Å². The highest BCUT2D eigenvalue weighted by Crippen LogP contribution is 2.27. The van der Waals surface area contributed by atoms with Gasteiger partial charge in [-0.3, -0.25) is 14.9 Å². The average molecular weight is 314 g/mol. The second-order valence-electron chi connectivity index (χ2n) is 5.39. The van der Waals surface area contributed by atoms with Crippen LogP contribution in [-0.4, -0.2) is 21.1 Å². The SMILES string of the molecule is O=C(Nc1n[nH]c2ccc(-c3ccccc3)cc12)c1cccnc1. The molecule has 0 fully saturated rings. The molecule has 1 amide bonds. The van der Waals surface area contributed by atoms with Crippen LogP contribution in [0.25, 0.3) is 22.0 Å². The first kappa shape index (κ1) is 14.1. The number of nitrogens with zero attached hydrogens (tertiary/aromatic N) is 2. The molecule has 4 rings (SSSR count). The molecule has 0 radical (unpaired) electrons. The molecule has 24 heavy (non-hydrogen) atoms. The number of anilines is 1. The van der Waals surface area contributed by atoms with Crippen molar-refractivity contribution >= 4 is 22.6 Å². The van der Waals surface area contributed by atoms with E-state index in [2.05, 4.69) is 32.6 Å². The van der Waals surface area contributed by atoms with Gasteiger partial charge in [0.05, 0.1) is 11.1 Å². The molecular weight excluding hydrogens is 300 g/mol. The quantitative estimate of drug-likeness (QED) is 0.603. The maximum absolute atomic E-state index is 12.3. The van der Waals surface area contributed by atoms with Crippen molar-refractivity contribution in [2.45, 2.75) is 0 Å². The van der Waals surface area contributed by atoms with Crippen LogP contribution < -0.4 is 5.32 Å². The van der Waals surface area contributed by atoms with Gasteiger partial charge in [0.1, 0.15) is 0 Å². The third kappa shape index (κ3) is 2.63. The van der Waals surface area contributed by atoms with Crippen LogP contribution in [0.2, 0.25) is 0 Å². The molecule has 0 aliphatic heterocycles. The smallest absolute Gasteiger partial charge is 0.258 e. The Kier molecular flexibility index (Phi) is 3.51. The zero-order chi connectivity index (χ0) is 16.4. The van der Waals surface area contributed by atoms with Gasteiger partial charge in [0.2, 0.25) is 0 Å². The van der Waals surface area contributed by atoms with E-state index in [1.54, 1.807) is 18.3 Å². The number of nitrogens with one attached hydrogen (secondary N) is 2. The molecular formula is C19H14N4O. The Morgan fingerprint density at radius 2 is 1.83 bits per heavy atom. The first-order valence-corrected chi connectivity index (χ1v) is 7.56. The molecule has 2 heterocycles. The minimum absolute atomic E-state index is 0.235. The highest BCUT2D eigenvalue weighted by molar-refractivity contribution is 6.08. The predicted molar refractivity (Wildman–Crippen MR) is 93.7 cm³/mol. The summed E-state index contributed by atoms with van der Waals surface area (Å²) in [5.41, 5.74) is 3.55. The summed E-state index contributed by atoms with van der Waals surface area (Å²) < 4.78 is 0. The van der Waals surface area contributed by atoms with Crippen molar-refractivity contribution in [3.8, 4) is 11.1 Å². The summed E-state index contributed by atoms with van der Waals surface area (Å²) in [5.74, 6) is 0.276. The highest BCUT2D eigenvalue weighted by atomic mass is 16.1. The lowest BCUT2D eigenvalue weighted by Gasteiger charge is -2.04. The molecule has 0 saturated carbocycles. The molecule has 5 heteroatoms. The Morgan fingerprint density at radius 3 is 2.62 bits per heavy atom. The van der Waals surface area contributed by atoms with E-state index in [0.29, 0.717) is 11.4 Å². The summed E-state index contributed by atoms with van der Waals surface area (Å²) in [6, 6.07) is 19.5. The monoisotopic (exact) mass is 314 g/mol. The first-order chi connectivity index (χ1) is 11.8. The molecule has 2 N–H and O–H groups in total. The fraction of sp³-hybridized carbons (Fsp3) is 0. The summed E-state index contributed by atoms with van der Waals surface area (Å²) >= 11 is 0. The fourth-order valence-corrected chi connectivity index (χ4v) is 2.60. The van der Waals surface area contributed by atoms with E-state index in [0.717, 1.165) is 22.0 Å². The van der Waals surface area contributed by atoms with Crippen LogP contribution in [0.1, 0.15) is 10.4 Å². The third-order valence-electron chi connectivity index (χ3n) is 3.83. The number of amides is 1. The number of carbonyl (C=O) groups excluding carboxylic acids is 1. The molecule has 0 unspecified atom stereocenters. The largest absolute Gasteiger partial charge is 0.305 e. The number of carbonyl (C=O) groups is 1. The Hall–Kier alpha value is -3.47. The number of rotatable bonds is 3. The van der Waals surface area contributed by atoms with Crippen LogP contribution in [0.15, 0.2) is 73.1 Å². The maximum Gasteiger partial charge on any atom is 0.258 e. The van der Waals surface area contributed by atoms with Crippen LogP contribution in [0, 0.1) is 0 Å². The number of benzene rings is 2. The standard InChI is InChI=1S/C19H14N4O/c24-19(15-7-4-10-20-12-15)21-18-16-11-14(8-9-17(16)22-23-18)13-5-2-1-3-6-13/h1-12H,(H2,21,22,23,24). The molecule has 2 aromatic heterocycles. The van der Waals surface area contributed by atoms with E-state index in [4.69, 9.17) is 0 Å². The Bertz CT molecular complexity index is 994. The molecule has 0 bridgehead atoms. The number of H-pyrrole nitrogens is 1. The highest BCUT2D eigenvalue weighted by Gasteiger charge is 2.12. The van der Waals surface area contributed by atoms with E-state index in [-0.39, 0.29) is 5.91 Å². The van der Waals surface area contributed by atoms with Gasteiger partial charge < -0.3 is 5.32 Å². The van der Waals surface area contributed by atoms with Crippen molar-refractivity contribution in [2.75, 3.05) is 5.32 Å². The molecule has 5 nitrogen and oxygen atoms in total. The van der Waals surface area contributed by atoms with Crippen LogP contribution >= 0.6 is 0 Å².